The van der Waals surface area contributed by atoms with Crippen LogP contribution in [0.2, 0.25) is 5.02 Å². The molecule has 1 N–H and O–H groups in total. The lowest BCUT2D eigenvalue weighted by atomic mass is 10.2. The summed E-state index contributed by atoms with van der Waals surface area (Å²) in [5.74, 6) is 1.77. The van der Waals surface area contributed by atoms with Crippen molar-refractivity contribution in [1.82, 2.24) is 20.1 Å². The first-order valence-corrected chi connectivity index (χ1v) is 10.3. The zero-order chi connectivity index (χ0) is 19.5. The van der Waals surface area contributed by atoms with Crippen LogP contribution in [0.25, 0.3) is 17.1 Å². The number of carbonyl (C=O) groups excluding carboxylic acids is 1. The van der Waals surface area contributed by atoms with Crippen LogP contribution in [0.5, 0.6) is 5.75 Å². The molecular weight excluding hydrogens is 396 g/mol. The van der Waals surface area contributed by atoms with Crippen LogP contribution in [-0.2, 0) is 4.79 Å². The lowest BCUT2D eigenvalue weighted by Gasteiger charge is -2.11. The highest BCUT2D eigenvalue weighted by Crippen LogP contribution is 2.29. The van der Waals surface area contributed by atoms with Gasteiger partial charge in [-0.25, -0.2) is 0 Å². The van der Waals surface area contributed by atoms with Gasteiger partial charge in [-0.05, 0) is 61.4 Å². The molecule has 1 aliphatic carbocycles. The minimum atomic E-state index is 0.0184. The lowest BCUT2D eigenvalue weighted by molar-refractivity contribution is -0.118. The Hall–Kier alpha value is -2.51. The van der Waals surface area contributed by atoms with Gasteiger partial charge in [0.25, 0.3) is 0 Å². The van der Waals surface area contributed by atoms with Crippen LogP contribution < -0.4 is 10.1 Å². The molecule has 0 saturated heterocycles. The monoisotopic (exact) mass is 414 g/mol. The molecule has 0 bridgehead atoms. The lowest BCUT2D eigenvalue weighted by Crippen LogP contribution is -2.27. The first kappa shape index (κ1) is 18.8. The van der Waals surface area contributed by atoms with Crippen molar-refractivity contribution in [1.29, 1.82) is 0 Å². The van der Waals surface area contributed by atoms with Gasteiger partial charge in [0.15, 0.2) is 11.0 Å². The number of hydrogen-bond donors (Lipinski definition) is 1. The fourth-order valence-electron chi connectivity index (χ4n) is 2.74. The van der Waals surface area contributed by atoms with Crippen molar-refractivity contribution in [3.63, 3.8) is 0 Å². The summed E-state index contributed by atoms with van der Waals surface area (Å²) < 4.78 is 7.20. The van der Waals surface area contributed by atoms with Gasteiger partial charge >= 0.3 is 0 Å². The van der Waals surface area contributed by atoms with Crippen molar-refractivity contribution in [3.05, 3.63) is 53.6 Å². The number of rotatable bonds is 7. The van der Waals surface area contributed by atoms with Gasteiger partial charge in [0.2, 0.25) is 5.91 Å². The van der Waals surface area contributed by atoms with Crippen molar-refractivity contribution in [2.75, 3.05) is 12.9 Å². The normalized spacial score (nSPS) is 13.4. The zero-order valence-corrected chi connectivity index (χ0v) is 16.8. The maximum atomic E-state index is 12.1. The number of benzene rings is 2. The Bertz CT molecular complexity index is 969. The van der Waals surface area contributed by atoms with Crippen molar-refractivity contribution < 1.29 is 9.53 Å². The van der Waals surface area contributed by atoms with Crippen LogP contribution in [0, 0.1) is 0 Å². The van der Waals surface area contributed by atoms with Gasteiger partial charge < -0.3 is 10.1 Å². The average molecular weight is 415 g/mol. The van der Waals surface area contributed by atoms with Crippen LogP contribution in [0.3, 0.4) is 0 Å². The molecule has 2 aromatic carbocycles. The van der Waals surface area contributed by atoms with E-state index in [1.165, 1.54) is 11.8 Å². The Labute approximate surface area is 172 Å². The number of methoxy groups -OCH3 is 1. The molecule has 3 aromatic rings. The second-order valence-corrected chi connectivity index (χ2v) is 7.86. The van der Waals surface area contributed by atoms with Gasteiger partial charge in [0.1, 0.15) is 5.75 Å². The summed E-state index contributed by atoms with van der Waals surface area (Å²) in [6.07, 6.45) is 2.14. The predicted molar refractivity (Wildman–Crippen MR) is 110 cm³/mol. The second kappa shape index (κ2) is 8.24. The summed E-state index contributed by atoms with van der Waals surface area (Å²) in [5, 5.41) is 13.0. The number of carbonyl (C=O) groups is 1. The summed E-state index contributed by atoms with van der Waals surface area (Å²) in [6.45, 7) is 0. The van der Waals surface area contributed by atoms with E-state index in [1.54, 1.807) is 7.11 Å². The molecule has 4 rings (SSSR count). The number of thioether (sulfide) groups is 1. The first-order chi connectivity index (χ1) is 13.6. The number of amides is 1. The van der Waals surface area contributed by atoms with Gasteiger partial charge in [0.05, 0.1) is 12.9 Å². The highest BCUT2D eigenvalue weighted by Gasteiger charge is 2.24. The topological polar surface area (TPSA) is 69.0 Å². The summed E-state index contributed by atoms with van der Waals surface area (Å²) in [5.41, 5.74) is 1.78. The maximum absolute atomic E-state index is 12.1. The third kappa shape index (κ3) is 4.31. The van der Waals surface area contributed by atoms with Crippen LogP contribution in [0.1, 0.15) is 12.8 Å². The van der Waals surface area contributed by atoms with Crippen molar-refractivity contribution in [2.45, 2.75) is 24.0 Å². The zero-order valence-electron chi connectivity index (χ0n) is 15.3. The van der Waals surface area contributed by atoms with E-state index in [1.807, 2.05) is 53.1 Å². The van der Waals surface area contributed by atoms with E-state index >= 15 is 0 Å². The fourth-order valence-corrected chi connectivity index (χ4v) is 3.63. The number of halogens is 1. The van der Waals surface area contributed by atoms with Crippen molar-refractivity contribution in [2.24, 2.45) is 0 Å². The summed E-state index contributed by atoms with van der Waals surface area (Å²) in [7, 11) is 1.63. The maximum Gasteiger partial charge on any atom is 0.230 e. The van der Waals surface area contributed by atoms with Gasteiger partial charge in [-0.1, -0.05) is 23.4 Å². The molecule has 144 valence electrons. The number of nitrogens with zero attached hydrogens (tertiary/aromatic N) is 3. The molecule has 28 heavy (non-hydrogen) atoms. The van der Waals surface area contributed by atoms with E-state index in [2.05, 4.69) is 15.5 Å². The number of ether oxygens (including phenoxy) is 1. The minimum Gasteiger partial charge on any atom is -0.497 e. The Kier molecular flexibility index (Phi) is 5.54. The van der Waals surface area contributed by atoms with E-state index in [9.17, 15) is 4.79 Å². The van der Waals surface area contributed by atoms with Gasteiger partial charge in [-0.15, -0.1) is 10.2 Å². The molecular formula is C20H19ClN4O2S. The second-order valence-electron chi connectivity index (χ2n) is 6.48. The number of aromatic nitrogens is 3. The van der Waals surface area contributed by atoms with E-state index < -0.39 is 0 Å². The Morgan fingerprint density at radius 2 is 1.89 bits per heavy atom. The van der Waals surface area contributed by atoms with E-state index in [0.29, 0.717) is 27.8 Å². The molecule has 1 aliphatic rings. The molecule has 1 saturated carbocycles. The quantitative estimate of drug-likeness (QED) is 0.592. The molecule has 0 aliphatic heterocycles. The SMILES string of the molecule is COc1ccc(-n2c(SCC(=O)NC3CC3)nnc2-c2ccc(Cl)cc2)cc1. The molecule has 0 atom stereocenters. The van der Waals surface area contributed by atoms with Gasteiger partial charge in [-0.2, -0.15) is 0 Å². The molecule has 1 amide bonds. The third-order valence-corrected chi connectivity index (χ3v) is 5.52. The van der Waals surface area contributed by atoms with Crippen LogP contribution in [-0.4, -0.2) is 39.6 Å². The van der Waals surface area contributed by atoms with Crippen molar-refractivity contribution in [3.8, 4) is 22.8 Å². The number of hydrogen-bond acceptors (Lipinski definition) is 5. The molecule has 0 unspecified atom stereocenters. The third-order valence-electron chi connectivity index (χ3n) is 4.34. The highest BCUT2D eigenvalue weighted by atomic mass is 35.5. The largest absolute Gasteiger partial charge is 0.497 e. The Balaban J connectivity index is 1.66. The summed E-state index contributed by atoms with van der Waals surface area (Å²) in [6, 6.07) is 15.4. The van der Waals surface area contributed by atoms with Crippen molar-refractivity contribution >= 4 is 29.3 Å². The highest BCUT2D eigenvalue weighted by molar-refractivity contribution is 7.99. The molecule has 0 radical (unpaired) electrons. The van der Waals surface area contributed by atoms with Gasteiger partial charge in [0, 0.05) is 22.3 Å². The van der Waals surface area contributed by atoms with Crippen LogP contribution in [0.4, 0.5) is 0 Å². The molecule has 1 heterocycles. The minimum absolute atomic E-state index is 0.0184. The van der Waals surface area contributed by atoms with Crippen LogP contribution in [0.15, 0.2) is 53.7 Å². The van der Waals surface area contributed by atoms with E-state index in [0.717, 1.165) is 29.8 Å². The molecule has 6 nitrogen and oxygen atoms in total. The Morgan fingerprint density at radius 1 is 1.18 bits per heavy atom. The van der Waals surface area contributed by atoms with E-state index in [4.69, 9.17) is 16.3 Å². The Morgan fingerprint density at radius 3 is 2.54 bits per heavy atom. The van der Waals surface area contributed by atoms with E-state index in [-0.39, 0.29) is 5.91 Å². The summed E-state index contributed by atoms with van der Waals surface area (Å²) in [4.78, 5) is 12.1. The molecule has 1 fully saturated rings. The standard InChI is InChI=1S/C20H19ClN4O2S/c1-27-17-10-8-16(9-11-17)25-19(13-2-4-14(21)5-3-13)23-24-20(25)28-12-18(26)22-15-6-7-15/h2-5,8-11,15H,6-7,12H2,1H3,(H,22,26). The predicted octanol–water partition coefficient (Wildman–Crippen LogP) is 3.97. The molecule has 8 heteroatoms. The average Bonchev–Trinajstić information content (AvgIpc) is 3.43. The molecule has 0 spiro atoms. The smallest absolute Gasteiger partial charge is 0.230 e. The van der Waals surface area contributed by atoms with Gasteiger partial charge in [-0.3, -0.25) is 9.36 Å². The molecule has 1 aromatic heterocycles. The summed E-state index contributed by atoms with van der Waals surface area (Å²) >= 11 is 7.39. The first-order valence-electron chi connectivity index (χ1n) is 8.92. The number of nitrogens with one attached hydrogen (secondary N) is 1. The fraction of sp³-hybridized carbons (Fsp3) is 0.250. The van der Waals surface area contributed by atoms with Crippen LogP contribution >= 0.6 is 23.4 Å².